The fourth-order valence-corrected chi connectivity index (χ4v) is 2.80. The molecule has 0 spiro atoms. The molecule has 0 saturated carbocycles. The van der Waals surface area contributed by atoms with Crippen LogP contribution >= 0.6 is 23.2 Å². The van der Waals surface area contributed by atoms with Crippen LogP contribution in [-0.4, -0.2) is 6.04 Å². The molecule has 2 aromatic rings. The van der Waals surface area contributed by atoms with E-state index in [1.807, 2.05) is 30.3 Å². The zero-order chi connectivity index (χ0) is 14.5. The maximum absolute atomic E-state index is 6.23. The summed E-state index contributed by atoms with van der Waals surface area (Å²) in [6, 6.07) is 16.6. The van der Waals surface area contributed by atoms with E-state index >= 15 is 0 Å². The van der Waals surface area contributed by atoms with E-state index in [4.69, 9.17) is 23.2 Å². The van der Waals surface area contributed by atoms with Crippen molar-refractivity contribution in [1.82, 2.24) is 5.32 Å². The Balaban J connectivity index is 1.96. The second kappa shape index (κ2) is 7.12. The number of rotatable bonds is 5. The molecule has 0 radical (unpaired) electrons. The highest BCUT2D eigenvalue weighted by Crippen LogP contribution is 2.23. The summed E-state index contributed by atoms with van der Waals surface area (Å²) in [6.45, 7) is 4.32. The van der Waals surface area contributed by atoms with Gasteiger partial charge in [-0.2, -0.15) is 0 Å². The summed E-state index contributed by atoms with van der Waals surface area (Å²) in [7, 11) is 0. The van der Waals surface area contributed by atoms with Crippen LogP contribution in [0.5, 0.6) is 0 Å². The zero-order valence-corrected chi connectivity index (χ0v) is 13.2. The molecule has 2 aromatic carbocycles. The third kappa shape index (κ3) is 4.24. The lowest BCUT2D eigenvalue weighted by molar-refractivity contribution is 0.477. The average molecular weight is 308 g/mol. The quantitative estimate of drug-likeness (QED) is 0.793. The summed E-state index contributed by atoms with van der Waals surface area (Å²) in [5.74, 6) is 0. The lowest BCUT2D eigenvalue weighted by Gasteiger charge is -2.21. The second-order valence-electron chi connectivity index (χ2n) is 5.14. The molecule has 0 aliphatic rings. The molecule has 0 saturated heterocycles. The fourth-order valence-electron chi connectivity index (χ4n) is 2.38. The van der Waals surface area contributed by atoms with E-state index in [0.717, 1.165) is 22.0 Å². The van der Waals surface area contributed by atoms with Gasteiger partial charge in [0.25, 0.3) is 0 Å². The monoisotopic (exact) mass is 307 g/mol. The first-order chi connectivity index (χ1) is 9.56. The largest absolute Gasteiger partial charge is 0.307 e. The Morgan fingerprint density at radius 3 is 2.25 bits per heavy atom. The first-order valence-corrected chi connectivity index (χ1v) is 7.57. The Kier molecular flexibility index (Phi) is 5.47. The van der Waals surface area contributed by atoms with Crippen molar-refractivity contribution < 1.29 is 0 Å². The summed E-state index contributed by atoms with van der Waals surface area (Å²) in [5.41, 5.74) is 2.41. The van der Waals surface area contributed by atoms with Crippen molar-refractivity contribution >= 4 is 23.2 Å². The van der Waals surface area contributed by atoms with Gasteiger partial charge in [0.05, 0.1) is 0 Å². The normalized spacial score (nSPS) is 14.0. The number of halogens is 2. The van der Waals surface area contributed by atoms with Gasteiger partial charge in [0.15, 0.2) is 0 Å². The van der Waals surface area contributed by atoms with Crippen LogP contribution in [-0.2, 0) is 6.42 Å². The smallest absolute Gasteiger partial charge is 0.0453 e. The van der Waals surface area contributed by atoms with Crippen LogP contribution in [0.1, 0.15) is 31.0 Å². The summed E-state index contributed by atoms with van der Waals surface area (Å²) in [4.78, 5) is 0. The van der Waals surface area contributed by atoms with Crippen LogP contribution in [0.25, 0.3) is 0 Å². The van der Waals surface area contributed by atoms with E-state index in [9.17, 15) is 0 Å². The van der Waals surface area contributed by atoms with E-state index in [1.165, 1.54) is 5.56 Å². The van der Waals surface area contributed by atoms with Gasteiger partial charge in [-0.1, -0.05) is 53.5 Å². The van der Waals surface area contributed by atoms with Crippen LogP contribution in [0.4, 0.5) is 0 Å². The first kappa shape index (κ1) is 15.4. The molecule has 1 nitrogen and oxygen atoms in total. The Bertz CT molecular complexity index is 551. The van der Waals surface area contributed by atoms with Gasteiger partial charge in [-0.3, -0.25) is 0 Å². The molecule has 0 fully saturated rings. The van der Waals surface area contributed by atoms with Crippen LogP contribution in [0, 0.1) is 0 Å². The van der Waals surface area contributed by atoms with E-state index in [-0.39, 0.29) is 6.04 Å². The van der Waals surface area contributed by atoms with Gasteiger partial charge in [-0.15, -0.1) is 0 Å². The van der Waals surface area contributed by atoms with Crippen LogP contribution in [0.3, 0.4) is 0 Å². The second-order valence-corrected chi connectivity index (χ2v) is 5.99. The zero-order valence-electron chi connectivity index (χ0n) is 11.7. The maximum Gasteiger partial charge on any atom is 0.0453 e. The van der Waals surface area contributed by atoms with Crippen molar-refractivity contribution in [3.63, 3.8) is 0 Å². The summed E-state index contributed by atoms with van der Waals surface area (Å²) >= 11 is 12.1. The fraction of sp³-hybridized carbons (Fsp3) is 0.294. The highest BCUT2D eigenvalue weighted by atomic mass is 35.5. The standard InChI is InChI=1S/C17H19Cl2N/c1-12(11-14-7-9-15(18)10-8-14)20-13(2)16-5-3-4-6-17(16)19/h3-10,12-13,20H,11H2,1-2H3/t12?,13-/m1/s1. The van der Waals surface area contributed by atoms with Crippen molar-refractivity contribution in [2.45, 2.75) is 32.4 Å². The molecule has 0 aliphatic carbocycles. The summed E-state index contributed by atoms with van der Waals surface area (Å²) in [6.07, 6.45) is 0.964. The number of hydrogen-bond acceptors (Lipinski definition) is 1. The van der Waals surface area contributed by atoms with E-state index < -0.39 is 0 Å². The molecule has 20 heavy (non-hydrogen) atoms. The predicted molar refractivity (Wildman–Crippen MR) is 87.6 cm³/mol. The Morgan fingerprint density at radius 2 is 1.60 bits per heavy atom. The molecule has 0 heterocycles. The lowest BCUT2D eigenvalue weighted by atomic mass is 10.0. The molecule has 106 valence electrons. The first-order valence-electron chi connectivity index (χ1n) is 6.81. The van der Waals surface area contributed by atoms with Gasteiger partial charge in [0, 0.05) is 22.1 Å². The minimum atomic E-state index is 0.228. The molecule has 3 heteroatoms. The molecule has 0 bridgehead atoms. The minimum Gasteiger partial charge on any atom is -0.307 e. The van der Waals surface area contributed by atoms with E-state index in [2.05, 4.69) is 37.4 Å². The highest BCUT2D eigenvalue weighted by Gasteiger charge is 2.12. The predicted octanol–water partition coefficient (Wildman–Crippen LogP) is 5.28. The molecule has 0 aliphatic heterocycles. The Hall–Kier alpha value is -1.02. The third-order valence-corrected chi connectivity index (χ3v) is 3.96. The molecule has 0 aromatic heterocycles. The van der Waals surface area contributed by atoms with Gasteiger partial charge in [-0.05, 0) is 49.6 Å². The molecular formula is C17H19Cl2N. The minimum absolute atomic E-state index is 0.228. The van der Waals surface area contributed by atoms with Crippen molar-refractivity contribution in [3.8, 4) is 0 Å². The summed E-state index contributed by atoms with van der Waals surface area (Å²) in [5, 5.41) is 5.17. The number of benzene rings is 2. The number of nitrogens with one attached hydrogen (secondary N) is 1. The molecule has 2 rings (SSSR count). The molecule has 1 N–H and O–H groups in total. The highest BCUT2D eigenvalue weighted by molar-refractivity contribution is 6.31. The van der Waals surface area contributed by atoms with Gasteiger partial charge >= 0.3 is 0 Å². The lowest BCUT2D eigenvalue weighted by Crippen LogP contribution is -2.30. The van der Waals surface area contributed by atoms with Crippen LogP contribution in [0.15, 0.2) is 48.5 Å². The third-order valence-electron chi connectivity index (χ3n) is 3.36. The Labute approximate surface area is 130 Å². The Morgan fingerprint density at radius 1 is 0.950 bits per heavy atom. The molecule has 2 atom stereocenters. The maximum atomic E-state index is 6.23. The van der Waals surface area contributed by atoms with Gasteiger partial charge in [0.2, 0.25) is 0 Å². The van der Waals surface area contributed by atoms with E-state index in [0.29, 0.717) is 6.04 Å². The topological polar surface area (TPSA) is 12.0 Å². The van der Waals surface area contributed by atoms with Crippen molar-refractivity contribution in [1.29, 1.82) is 0 Å². The average Bonchev–Trinajstić information content (AvgIpc) is 2.41. The van der Waals surface area contributed by atoms with Crippen molar-refractivity contribution in [3.05, 3.63) is 69.7 Å². The SMILES string of the molecule is CC(Cc1ccc(Cl)cc1)N[C@H](C)c1ccccc1Cl. The van der Waals surface area contributed by atoms with E-state index in [1.54, 1.807) is 0 Å². The van der Waals surface area contributed by atoms with Gasteiger partial charge in [-0.25, -0.2) is 0 Å². The number of hydrogen-bond donors (Lipinski definition) is 1. The van der Waals surface area contributed by atoms with Gasteiger partial charge in [0.1, 0.15) is 0 Å². The van der Waals surface area contributed by atoms with Crippen LogP contribution in [0.2, 0.25) is 10.0 Å². The molecule has 0 amide bonds. The van der Waals surface area contributed by atoms with Crippen molar-refractivity contribution in [2.24, 2.45) is 0 Å². The van der Waals surface area contributed by atoms with Crippen LogP contribution < -0.4 is 5.32 Å². The summed E-state index contributed by atoms with van der Waals surface area (Å²) < 4.78 is 0. The van der Waals surface area contributed by atoms with Gasteiger partial charge < -0.3 is 5.32 Å². The molecular weight excluding hydrogens is 289 g/mol. The van der Waals surface area contributed by atoms with Crippen molar-refractivity contribution in [2.75, 3.05) is 0 Å². The molecule has 1 unspecified atom stereocenters.